The van der Waals surface area contributed by atoms with Crippen LogP contribution in [0.25, 0.3) is 33.8 Å². The van der Waals surface area contributed by atoms with Gasteiger partial charge in [-0.2, -0.15) is 0 Å². The van der Waals surface area contributed by atoms with Crippen LogP contribution in [0.15, 0.2) is 73.3 Å². The molecule has 4 nitrogen and oxygen atoms in total. The number of nitrogens with zero attached hydrogens (tertiary/aromatic N) is 4. The maximum absolute atomic E-state index is 4.73. The Bertz CT molecular complexity index is 1140. The van der Waals surface area contributed by atoms with Crippen molar-refractivity contribution < 1.29 is 0 Å². The first kappa shape index (κ1) is 14.9. The van der Waals surface area contributed by atoms with E-state index in [1.165, 1.54) is 11.1 Å². The van der Waals surface area contributed by atoms with Crippen LogP contribution in [0.5, 0.6) is 0 Å². The van der Waals surface area contributed by atoms with Crippen molar-refractivity contribution in [3.05, 3.63) is 84.4 Å². The zero-order valence-corrected chi connectivity index (χ0v) is 14.7. The molecule has 0 saturated carbocycles. The van der Waals surface area contributed by atoms with Crippen molar-refractivity contribution in [1.29, 1.82) is 0 Å². The van der Waals surface area contributed by atoms with Crippen LogP contribution < -0.4 is 0 Å². The Morgan fingerprint density at radius 3 is 1.46 bits per heavy atom. The minimum atomic E-state index is 0.972. The predicted octanol–water partition coefficient (Wildman–Crippen LogP) is 4.93. The van der Waals surface area contributed by atoms with Crippen molar-refractivity contribution in [2.75, 3.05) is 0 Å². The monoisotopic (exact) mass is 338 g/mol. The molecule has 5 aromatic rings. The van der Waals surface area contributed by atoms with E-state index in [4.69, 9.17) is 9.97 Å². The minimum absolute atomic E-state index is 0.972. The van der Waals surface area contributed by atoms with Gasteiger partial charge in [-0.3, -0.25) is 0 Å². The summed E-state index contributed by atoms with van der Waals surface area (Å²) >= 11 is 0. The van der Waals surface area contributed by atoms with Gasteiger partial charge >= 0.3 is 0 Å². The Hall–Kier alpha value is -3.40. The number of rotatable bonds is 2. The SMILES string of the molecule is Cc1ccn2cc(-c3ccc(-c4cn5ccc(C)cc5n4)cc3)nc2c1. The van der Waals surface area contributed by atoms with Crippen LogP contribution in [0.4, 0.5) is 0 Å². The standard InChI is InChI=1S/C22H18N4/c1-15-7-9-25-13-19(23-21(25)11-15)17-3-5-18(6-4-17)20-14-26-10-8-16(2)12-22(26)24-20/h3-14H,1-2H3. The Morgan fingerprint density at radius 1 is 0.615 bits per heavy atom. The molecule has 0 aliphatic rings. The summed E-state index contributed by atoms with van der Waals surface area (Å²) in [4.78, 5) is 9.47. The summed E-state index contributed by atoms with van der Waals surface area (Å²) < 4.78 is 4.11. The molecule has 126 valence electrons. The first-order chi connectivity index (χ1) is 12.7. The van der Waals surface area contributed by atoms with Gasteiger partial charge in [0.05, 0.1) is 11.4 Å². The fraction of sp³-hybridized carbons (Fsp3) is 0.0909. The predicted molar refractivity (Wildman–Crippen MR) is 104 cm³/mol. The van der Waals surface area contributed by atoms with E-state index in [2.05, 4.69) is 83.6 Å². The lowest BCUT2D eigenvalue weighted by Crippen LogP contribution is -1.81. The number of fused-ring (bicyclic) bond motifs is 2. The second-order valence-electron chi connectivity index (χ2n) is 6.77. The van der Waals surface area contributed by atoms with E-state index in [1.807, 2.05) is 12.4 Å². The number of imidazole rings is 2. The molecule has 0 spiro atoms. The van der Waals surface area contributed by atoms with Gasteiger partial charge in [0.1, 0.15) is 11.3 Å². The van der Waals surface area contributed by atoms with Crippen molar-refractivity contribution >= 4 is 11.3 Å². The van der Waals surface area contributed by atoms with Crippen molar-refractivity contribution in [2.24, 2.45) is 0 Å². The van der Waals surface area contributed by atoms with Crippen LogP contribution in [0, 0.1) is 13.8 Å². The van der Waals surface area contributed by atoms with Crippen LogP contribution in [0.1, 0.15) is 11.1 Å². The highest BCUT2D eigenvalue weighted by Gasteiger charge is 2.07. The lowest BCUT2D eigenvalue weighted by atomic mass is 10.1. The van der Waals surface area contributed by atoms with Gasteiger partial charge in [0.2, 0.25) is 0 Å². The molecule has 26 heavy (non-hydrogen) atoms. The molecule has 5 rings (SSSR count). The van der Waals surface area contributed by atoms with Crippen LogP contribution in [0.2, 0.25) is 0 Å². The van der Waals surface area contributed by atoms with Gasteiger partial charge in [-0.1, -0.05) is 24.3 Å². The summed E-state index contributed by atoms with van der Waals surface area (Å²) in [6.07, 6.45) is 8.23. The smallest absolute Gasteiger partial charge is 0.137 e. The summed E-state index contributed by atoms with van der Waals surface area (Å²) in [6.45, 7) is 4.17. The third kappa shape index (κ3) is 2.47. The summed E-state index contributed by atoms with van der Waals surface area (Å²) in [7, 11) is 0. The summed E-state index contributed by atoms with van der Waals surface area (Å²) in [5, 5.41) is 0. The molecular formula is C22H18N4. The zero-order valence-electron chi connectivity index (χ0n) is 14.7. The van der Waals surface area contributed by atoms with Crippen LogP contribution in [0.3, 0.4) is 0 Å². The Kier molecular flexibility index (Phi) is 3.19. The average Bonchev–Trinajstić information content (AvgIpc) is 3.25. The number of hydrogen-bond acceptors (Lipinski definition) is 2. The Morgan fingerprint density at radius 2 is 1.04 bits per heavy atom. The van der Waals surface area contributed by atoms with Crippen molar-refractivity contribution in [2.45, 2.75) is 13.8 Å². The highest BCUT2D eigenvalue weighted by Crippen LogP contribution is 2.25. The van der Waals surface area contributed by atoms with Gasteiger partial charge < -0.3 is 8.80 Å². The van der Waals surface area contributed by atoms with Crippen LogP contribution >= 0.6 is 0 Å². The molecule has 0 fully saturated rings. The lowest BCUT2D eigenvalue weighted by Gasteiger charge is -1.99. The number of aromatic nitrogens is 4. The maximum atomic E-state index is 4.73. The van der Waals surface area contributed by atoms with Gasteiger partial charge in [-0.05, 0) is 49.2 Å². The zero-order chi connectivity index (χ0) is 17.7. The number of benzene rings is 1. The van der Waals surface area contributed by atoms with Crippen LogP contribution in [-0.2, 0) is 0 Å². The summed E-state index contributed by atoms with van der Waals surface area (Å²) in [5.41, 5.74) is 8.55. The van der Waals surface area contributed by atoms with E-state index in [0.29, 0.717) is 0 Å². The molecule has 0 amide bonds. The van der Waals surface area contributed by atoms with E-state index >= 15 is 0 Å². The number of hydrogen-bond donors (Lipinski definition) is 0. The molecule has 0 unspecified atom stereocenters. The third-order valence-corrected chi connectivity index (χ3v) is 4.71. The van der Waals surface area contributed by atoms with Crippen molar-refractivity contribution in [3.8, 4) is 22.5 Å². The second kappa shape index (κ2) is 5.56. The van der Waals surface area contributed by atoms with Crippen molar-refractivity contribution in [3.63, 3.8) is 0 Å². The van der Waals surface area contributed by atoms with E-state index in [-0.39, 0.29) is 0 Å². The first-order valence-electron chi connectivity index (χ1n) is 8.67. The third-order valence-electron chi connectivity index (χ3n) is 4.71. The van der Waals surface area contributed by atoms with E-state index in [9.17, 15) is 0 Å². The summed E-state index contributed by atoms with van der Waals surface area (Å²) in [5.74, 6) is 0. The normalized spacial score (nSPS) is 11.5. The molecule has 0 bridgehead atoms. The number of pyridine rings is 2. The lowest BCUT2D eigenvalue weighted by molar-refractivity contribution is 1.17. The topological polar surface area (TPSA) is 34.6 Å². The Balaban J connectivity index is 1.52. The highest BCUT2D eigenvalue weighted by molar-refractivity contribution is 5.69. The molecule has 0 aliphatic heterocycles. The molecular weight excluding hydrogens is 320 g/mol. The molecule has 4 heteroatoms. The maximum Gasteiger partial charge on any atom is 0.137 e. The molecule has 4 heterocycles. The van der Waals surface area contributed by atoms with Gasteiger partial charge in [-0.15, -0.1) is 0 Å². The number of aryl methyl sites for hydroxylation is 2. The quantitative estimate of drug-likeness (QED) is 0.457. The Labute approximate surface area is 151 Å². The largest absolute Gasteiger partial charge is 0.306 e. The molecule has 0 atom stereocenters. The van der Waals surface area contributed by atoms with E-state index in [0.717, 1.165) is 33.8 Å². The van der Waals surface area contributed by atoms with Gasteiger partial charge in [0.25, 0.3) is 0 Å². The molecule has 0 radical (unpaired) electrons. The van der Waals surface area contributed by atoms with Gasteiger partial charge in [0, 0.05) is 35.9 Å². The fourth-order valence-electron chi connectivity index (χ4n) is 3.26. The molecule has 0 aliphatic carbocycles. The average molecular weight is 338 g/mol. The molecule has 0 saturated heterocycles. The second-order valence-corrected chi connectivity index (χ2v) is 6.77. The van der Waals surface area contributed by atoms with E-state index in [1.54, 1.807) is 0 Å². The highest BCUT2D eigenvalue weighted by atomic mass is 15.0. The van der Waals surface area contributed by atoms with E-state index < -0.39 is 0 Å². The molecule has 0 N–H and O–H groups in total. The van der Waals surface area contributed by atoms with Gasteiger partial charge in [0.15, 0.2) is 0 Å². The fourth-order valence-corrected chi connectivity index (χ4v) is 3.26. The van der Waals surface area contributed by atoms with Gasteiger partial charge in [-0.25, -0.2) is 9.97 Å². The first-order valence-corrected chi connectivity index (χ1v) is 8.67. The van der Waals surface area contributed by atoms with Crippen LogP contribution in [-0.4, -0.2) is 18.8 Å². The minimum Gasteiger partial charge on any atom is -0.306 e. The molecule has 4 aromatic heterocycles. The summed E-state index contributed by atoms with van der Waals surface area (Å²) in [6, 6.07) is 16.8. The van der Waals surface area contributed by atoms with Crippen molar-refractivity contribution in [1.82, 2.24) is 18.8 Å². The molecule has 1 aromatic carbocycles.